The van der Waals surface area contributed by atoms with Gasteiger partial charge in [0, 0.05) is 37.3 Å². The zero-order valence-electron chi connectivity index (χ0n) is 13.7. The van der Waals surface area contributed by atoms with E-state index >= 15 is 0 Å². The highest BCUT2D eigenvalue weighted by atomic mass is 35.5. The highest BCUT2D eigenvalue weighted by Crippen LogP contribution is 2.24. The normalized spacial score (nSPS) is 10.2. The monoisotopic (exact) mass is 361 g/mol. The number of amides is 2. The number of carbonyl (C=O) groups excluding carboxylic acids is 2. The van der Waals surface area contributed by atoms with Gasteiger partial charge >= 0.3 is 0 Å². The van der Waals surface area contributed by atoms with Crippen molar-refractivity contribution in [3.05, 3.63) is 74.3 Å². The maximum Gasteiger partial charge on any atom is 0.283 e. The zero-order valence-corrected chi connectivity index (χ0v) is 14.4. The van der Waals surface area contributed by atoms with Gasteiger partial charge in [0.15, 0.2) is 0 Å². The summed E-state index contributed by atoms with van der Waals surface area (Å²) in [6.45, 7) is 0.243. The molecule has 0 saturated heterocycles. The van der Waals surface area contributed by atoms with Crippen molar-refractivity contribution in [2.75, 3.05) is 14.1 Å². The number of hydrogen-bond donors (Lipinski definition) is 1. The third kappa shape index (κ3) is 4.33. The molecule has 130 valence electrons. The molecule has 2 aromatic carbocycles. The van der Waals surface area contributed by atoms with Gasteiger partial charge in [0.25, 0.3) is 17.5 Å². The number of nitro benzene ring substituents is 1. The second-order valence-electron chi connectivity index (χ2n) is 5.36. The Labute approximate surface area is 149 Å². The first-order valence-electron chi connectivity index (χ1n) is 7.34. The molecule has 0 aliphatic rings. The maximum atomic E-state index is 12.5. The number of nitro groups is 1. The number of rotatable bonds is 5. The number of halogens is 1. The predicted molar refractivity (Wildman–Crippen MR) is 93.7 cm³/mol. The Hall–Kier alpha value is -2.93. The topological polar surface area (TPSA) is 92.6 Å². The van der Waals surface area contributed by atoms with Crippen LogP contribution in [0.4, 0.5) is 5.69 Å². The summed E-state index contributed by atoms with van der Waals surface area (Å²) in [5.74, 6) is -0.688. The summed E-state index contributed by atoms with van der Waals surface area (Å²) < 4.78 is 0. The Morgan fingerprint density at radius 3 is 2.40 bits per heavy atom. The molecule has 0 heterocycles. The van der Waals surface area contributed by atoms with Crippen LogP contribution in [0.1, 0.15) is 26.3 Å². The van der Waals surface area contributed by atoms with Gasteiger partial charge in [-0.3, -0.25) is 19.7 Å². The molecule has 1 N–H and O–H groups in total. The van der Waals surface area contributed by atoms with Gasteiger partial charge in [0.05, 0.1) is 4.92 Å². The van der Waals surface area contributed by atoms with Gasteiger partial charge < -0.3 is 10.2 Å². The number of nitrogens with one attached hydrogen (secondary N) is 1. The van der Waals surface area contributed by atoms with Crippen LogP contribution in [0.5, 0.6) is 0 Å². The molecule has 0 bridgehead atoms. The molecule has 8 heteroatoms. The Kier molecular flexibility index (Phi) is 5.71. The first-order valence-corrected chi connectivity index (χ1v) is 7.71. The Morgan fingerprint density at radius 1 is 1.20 bits per heavy atom. The first kappa shape index (κ1) is 18.4. The summed E-state index contributed by atoms with van der Waals surface area (Å²) in [6.07, 6.45) is 0. The van der Waals surface area contributed by atoms with E-state index in [-0.39, 0.29) is 28.7 Å². The van der Waals surface area contributed by atoms with E-state index in [2.05, 4.69) is 5.32 Å². The van der Waals surface area contributed by atoms with Gasteiger partial charge in [-0.2, -0.15) is 0 Å². The highest BCUT2D eigenvalue weighted by Gasteiger charge is 2.23. The third-order valence-corrected chi connectivity index (χ3v) is 3.83. The molecule has 2 aromatic rings. The SMILES string of the molecule is CNC(=O)c1ccc(CN(C)C(=O)c2ccc(Cl)cc2[N+](=O)[O-])cc1. The van der Waals surface area contributed by atoms with Gasteiger partial charge in [-0.1, -0.05) is 23.7 Å². The fourth-order valence-corrected chi connectivity index (χ4v) is 2.46. The van der Waals surface area contributed by atoms with Crippen LogP contribution in [-0.2, 0) is 6.54 Å². The van der Waals surface area contributed by atoms with E-state index in [4.69, 9.17) is 11.6 Å². The van der Waals surface area contributed by atoms with Crippen molar-refractivity contribution in [2.45, 2.75) is 6.54 Å². The Balaban J connectivity index is 2.18. The van der Waals surface area contributed by atoms with Crippen molar-refractivity contribution in [1.82, 2.24) is 10.2 Å². The van der Waals surface area contributed by atoms with Gasteiger partial charge in [0.2, 0.25) is 0 Å². The van der Waals surface area contributed by atoms with Crippen LogP contribution in [0, 0.1) is 10.1 Å². The van der Waals surface area contributed by atoms with Crippen molar-refractivity contribution in [2.24, 2.45) is 0 Å². The molecule has 0 radical (unpaired) electrons. The molecule has 2 rings (SSSR count). The quantitative estimate of drug-likeness (QED) is 0.654. The van der Waals surface area contributed by atoms with E-state index in [0.29, 0.717) is 5.56 Å². The maximum absolute atomic E-state index is 12.5. The summed E-state index contributed by atoms with van der Waals surface area (Å²) in [5.41, 5.74) is 0.937. The second-order valence-corrected chi connectivity index (χ2v) is 5.79. The Bertz CT molecular complexity index is 821. The molecule has 0 aliphatic heterocycles. The highest BCUT2D eigenvalue weighted by molar-refractivity contribution is 6.31. The van der Waals surface area contributed by atoms with Crippen molar-refractivity contribution in [1.29, 1.82) is 0 Å². The van der Waals surface area contributed by atoms with E-state index in [1.807, 2.05) is 0 Å². The van der Waals surface area contributed by atoms with Crippen molar-refractivity contribution >= 4 is 29.1 Å². The van der Waals surface area contributed by atoms with Gasteiger partial charge in [-0.05, 0) is 29.8 Å². The third-order valence-electron chi connectivity index (χ3n) is 3.60. The lowest BCUT2D eigenvalue weighted by atomic mass is 10.1. The van der Waals surface area contributed by atoms with Crippen LogP contribution < -0.4 is 5.32 Å². The molecule has 0 saturated carbocycles. The van der Waals surface area contributed by atoms with Crippen molar-refractivity contribution in [3.63, 3.8) is 0 Å². The van der Waals surface area contributed by atoms with E-state index in [1.165, 1.54) is 17.0 Å². The average Bonchev–Trinajstić information content (AvgIpc) is 2.60. The predicted octanol–water partition coefficient (Wildman–Crippen LogP) is 2.88. The fourth-order valence-electron chi connectivity index (χ4n) is 2.29. The number of carbonyl (C=O) groups is 2. The summed E-state index contributed by atoms with van der Waals surface area (Å²) in [7, 11) is 3.09. The molecule has 0 aromatic heterocycles. The molecule has 2 amide bonds. The zero-order chi connectivity index (χ0) is 18.6. The summed E-state index contributed by atoms with van der Waals surface area (Å²) in [4.78, 5) is 35.9. The smallest absolute Gasteiger partial charge is 0.283 e. The van der Waals surface area contributed by atoms with E-state index in [1.54, 1.807) is 38.4 Å². The standard InChI is InChI=1S/C17H16ClN3O4/c1-19-16(22)12-5-3-11(4-6-12)10-20(2)17(23)14-8-7-13(18)9-15(14)21(24)25/h3-9H,10H2,1-2H3,(H,19,22). The number of benzene rings is 2. The molecule has 0 aliphatic carbocycles. The van der Waals surface area contributed by atoms with Crippen molar-refractivity contribution < 1.29 is 14.5 Å². The number of hydrogen-bond acceptors (Lipinski definition) is 4. The minimum absolute atomic E-state index is 0.0288. The second kappa shape index (κ2) is 7.76. The van der Waals surface area contributed by atoms with E-state index < -0.39 is 10.8 Å². The van der Waals surface area contributed by atoms with Crippen LogP contribution in [0.15, 0.2) is 42.5 Å². The van der Waals surface area contributed by atoms with Gasteiger partial charge in [-0.15, -0.1) is 0 Å². The Morgan fingerprint density at radius 2 is 1.84 bits per heavy atom. The lowest BCUT2D eigenvalue weighted by molar-refractivity contribution is -0.385. The van der Waals surface area contributed by atoms with Crippen LogP contribution >= 0.6 is 11.6 Å². The largest absolute Gasteiger partial charge is 0.355 e. The minimum Gasteiger partial charge on any atom is -0.355 e. The molecular weight excluding hydrogens is 346 g/mol. The molecule has 0 unspecified atom stereocenters. The summed E-state index contributed by atoms with van der Waals surface area (Å²) in [5, 5.41) is 13.8. The fraction of sp³-hybridized carbons (Fsp3) is 0.176. The molecule has 25 heavy (non-hydrogen) atoms. The average molecular weight is 362 g/mol. The summed E-state index contributed by atoms with van der Waals surface area (Å²) >= 11 is 5.77. The molecule has 0 atom stereocenters. The summed E-state index contributed by atoms with van der Waals surface area (Å²) in [6, 6.07) is 10.7. The molecule has 0 fully saturated rings. The van der Waals surface area contributed by atoms with E-state index in [9.17, 15) is 19.7 Å². The van der Waals surface area contributed by atoms with Crippen LogP contribution in [0.2, 0.25) is 5.02 Å². The van der Waals surface area contributed by atoms with E-state index in [0.717, 1.165) is 11.6 Å². The number of nitrogens with zero attached hydrogens (tertiary/aromatic N) is 2. The molecular formula is C17H16ClN3O4. The van der Waals surface area contributed by atoms with Crippen molar-refractivity contribution in [3.8, 4) is 0 Å². The van der Waals surface area contributed by atoms with Gasteiger partial charge in [-0.25, -0.2) is 0 Å². The van der Waals surface area contributed by atoms with Crippen LogP contribution in [0.3, 0.4) is 0 Å². The lowest BCUT2D eigenvalue weighted by Gasteiger charge is -2.17. The lowest BCUT2D eigenvalue weighted by Crippen LogP contribution is -2.27. The van der Waals surface area contributed by atoms with Crippen LogP contribution in [0.25, 0.3) is 0 Å². The molecule has 0 spiro atoms. The molecule has 7 nitrogen and oxygen atoms in total. The van der Waals surface area contributed by atoms with Gasteiger partial charge in [0.1, 0.15) is 5.56 Å². The van der Waals surface area contributed by atoms with Crippen LogP contribution in [-0.4, -0.2) is 35.7 Å². The first-order chi connectivity index (χ1) is 11.8. The minimum atomic E-state index is -0.634.